The Morgan fingerprint density at radius 3 is 2.62 bits per heavy atom. The first-order valence-corrected chi connectivity index (χ1v) is 9.86. The standard InChI is InChI=1S/C21H27BrN2O2/c1-3-4-5-12-23-14-17-13-18(22)8-11-20(17)26-15-21(25)24-19-9-6-16(2)7-10-19/h6-11,13,23H,3-5,12,14-15H2,1-2H3,(H,24,25). The highest BCUT2D eigenvalue weighted by Gasteiger charge is 2.08. The molecule has 5 heteroatoms. The molecule has 2 aromatic rings. The molecule has 0 aromatic heterocycles. The van der Waals surface area contributed by atoms with Gasteiger partial charge in [0.15, 0.2) is 6.61 Å². The van der Waals surface area contributed by atoms with Crippen molar-refractivity contribution in [2.24, 2.45) is 0 Å². The van der Waals surface area contributed by atoms with Crippen LogP contribution in [0.25, 0.3) is 0 Å². The monoisotopic (exact) mass is 418 g/mol. The fraction of sp³-hybridized carbons (Fsp3) is 0.381. The summed E-state index contributed by atoms with van der Waals surface area (Å²) in [6.07, 6.45) is 3.61. The highest BCUT2D eigenvalue weighted by Crippen LogP contribution is 2.23. The van der Waals surface area contributed by atoms with Gasteiger partial charge in [-0.1, -0.05) is 53.4 Å². The van der Waals surface area contributed by atoms with E-state index in [9.17, 15) is 4.79 Å². The minimum atomic E-state index is -0.168. The van der Waals surface area contributed by atoms with Gasteiger partial charge in [0, 0.05) is 22.3 Å². The number of carbonyl (C=O) groups is 1. The van der Waals surface area contributed by atoms with Crippen LogP contribution in [0.15, 0.2) is 46.9 Å². The van der Waals surface area contributed by atoms with E-state index in [4.69, 9.17) is 4.74 Å². The average Bonchev–Trinajstić information content (AvgIpc) is 2.63. The zero-order valence-electron chi connectivity index (χ0n) is 15.5. The van der Waals surface area contributed by atoms with E-state index in [1.807, 2.05) is 49.4 Å². The van der Waals surface area contributed by atoms with Gasteiger partial charge in [-0.05, 0) is 50.2 Å². The van der Waals surface area contributed by atoms with Crippen molar-refractivity contribution in [3.05, 3.63) is 58.1 Å². The molecule has 0 unspecified atom stereocenters. The molecule has 4 nitrogen and oxygen atoms in total. The van der Waals surface area contributed by atoms with Crippen molar-refractivity contribution in [1.82, 2.24) is 5.32 Å². The van der Waals surface area contributed by atoms with Crippen LogP contribution in [0.4, 0.5) is 5.69 Å². The van der Waals surface area contributed by atoms with Crippen LogP contribution in [0, 0.1) is 6.92 Å². The van der Waals surface area contributed by atoms with Crippen LogP contribution in [0.1, 0.15) is 37.3 Å². The number of carbonyl (C=O) groups excluding carboxylic acids is 1. The summed E-state index contributed by atoms with van der Waals surface area (Å²) >= 11 is 3.50. The number of nitrogens with one attached hydrogen (secondary N) is 2. The van der Waals surface area contributed by atoms with Crippen LogP contribution in [-0.2, 0) is 11.3 Å². The van der Waals surface area contributed by atoms with Gasteiger partial charge in [-0.25, -0.2) is 0 Å². The summed E-state index contributed by atoms with van der Waals surface area (Å²) in [4.78, 5) is 12.1. The Morgan fingerprint density at radius 1 is 1.12 bits per heavy atom. The van der Waals surface area contributed by atoms with Gasteiger partial charge in [0.25, 0.3) is 5.91 Å². The number of unbranched alkanes of at least 4 members (excludes halogenated alkanes) is 2. The van der Waals surface area contributed by atoms with Crippen LogP contribution < -0.4 is 15.4 Å². The Hall–Kier alpha value is -1.85. The molecule has 2 aromatic carbocycles. The van der Waals surface area contributed by atoms with Gasteiger partial charge in [-0.3, -0.25) is 4.79 Å². The maximum atomic E-state index is 12.1. The number of halogens is 1. The van der Waals surface area contributed by atoms with Crippen LogP contribution in [0.2, 0.25) is 0 Å². The lowest BCUT2D eigenvalue weighted by Crippen LogP contribution is -2.21. The van der Waals surface area contributed by atoms with Gasteiger partial charge in [0.1, 0.15) is 5.75 Å². The molecular formula is C21H27BrN2O2. The molecular weight excluding hydrogens is 392 g/mol. The lowest BCUT2D eigenvalue weighted by molar-refractivity contribution is -0.118. The van der Waals surface area contributed by atoms with Crippen molar-refractivity contribution in [2.45, 2.75) is 39.7 Å². The van der Waals surface area contributed by atoms with Crippen molar-refractivity contribution in [3.8, 4) is 5.75 Å². The maximum Gasteiger partial charge on any atom is 0.262 e. The van der Waals surface area contributed by atoms with Crippen molar-refractivity contribution >= 4 is 27.5 Å². The van der Waals surface area contributed by atoms with Gasteiger partial charge >= 0.3 is 0 Å². The number of aryl methyl sites for hydroxylation is 1. The molecule has 1 amide bonds. The molecule has 2 rings (SSSR count). The van der Waals surface area contributed by atoms with Crippen molar-refractivity contribution in [3.63, 3.8) is 0 Å². The third kappa shape index (κ3) is 7.18. The Balaban J connectivity index is 1.87. The fourth-order valence-electron chi connectivity index (χ4n) is 2.53. The molecule has 0 saturated heterocycles. The Morgan fingerprint density at radius 2 is 1.88 bits per heavy atom. The summed E-state index contributed by atoms with van der Waals surface area (Å²) < 4.78 is 6.75. The van der Waals surface area contributed by atoms with Crippen molar-refractivity contribution in [2.75, 3.05) is 18.5 Å². The van der Waals surface area contributed by atoms with E-state index in [2.05, 4.69) is 33.5 Å². The van der Waals surface area contributed by atoms with Crippen molar-refractivity contribution < 1.29 is 9.53 Å². The molecule has 2 N–H and O–H groups in total. The molecule has 0 atom stereocenters. The first kappa shape index (κ1) is 20.5. The lowest BCUT2D eigenvalue weighted by Gasteiger charge is -2.13. The molecule has 0 aliphatic carbocycles. The third-order valence-corrected chi connectivity index (χ3v) is 4.48. The topological polar surface area (TPSA) is 50.4 Å². The smallest absolute Gasteiger partial charge is 0.262 e. The lowest BCUT2D eigenvalue weighted by atomic mass is 10.2. The van der Waals surface area contributed by atoms with Crippen LogP contribution >= 0.6 is 15.9 Å². The average molecular weight is 419 g/mol. The molecule has 0 spiro atoms. The maximum absolute atomic E-state index is 12.1. The van der Waals surface area contributed by atoms with Crippen molar-refractivity contribution in [1.29, 1.82) is 0 Å². The number of rotatable bonds is 10. The number of hydrogen-bond donors (Lipinski definition) is 2. The van der Waals surface area contributed by atoms with Gasteiger partial charge in [0.05, 0.1) is 0 Å². The molecule has 26 heavy (non-hydrogen) atoms. The SMILES string of the molecule is CCCCCNCc1cc(Br)ccc1OCC(=O)Nc1ccc(C)cc1. The molecule has 0 fully saturated rings. The quantitative estimate of drug-likeness (QED) is 0.530. The predicted molar refractivity (Wildman–Crippen MR) is 111 cm³/mol. The zero-order valence-corrected chi connectivity index (χ0v) is 17.1. The first-order valence-electron chi connectivity index (χ1n) is 9.07. The van der Waals surface area contributed by atoms with E-state index < -0.39 is 0 Å². The highest BCUT2D eigenvalue weighted by atomic mass is 79.9. The van der Waals surface area contributed by atoms with E-state index in [-0.39, 0.29) is 12.5 Å². The second-order valence-electron chi connectivity index (χ2n) is 6.34. The van der Waals surface area contributed by atoms with E-state index in [0.29, 0.717) is 0 Å². The highest BCUT2D eigenvalue weighted by molar-refractivity contribution is 9.10. The van der Waals surface area contributed by atoms with Crippen LogP contribution in [0.3, 0.4) is 0 Å². The molecule has 0 bridgehead atoms. The number of amides is 1. The van der Waals surface area contributed by atoms with Gasteiger partial charge < -0.3 is 15.4 Å². The molecule has 140 valence electrons. The Labute approximate surface area is 164 Å². The fourth-order valence-corrected chi connectivity index (χ4v) is 2.94. The van der Waals surface area contributed by atoms with E-state index in [1.54, 1.807) is 0 Å². The third-order valence-electron chi connectivity index (χ3n) is 3.99. The molecule has 0 heterocycles. The Kier molecular flexibility index (Phi) is 8.65. The summed E-state index contributed by atoms with van der Waals surface area (Å²) in [5, 5.41) is 6.28. The summed E-state index contributed by atoms with van der Waals surface area (Å²) in [5.74, 6) is 0.564. The molecule has 0 aliphatic heterocycles. The first-order chi connectivity index (χ1) is 12.6. The van der Waals surface area contributed by atoms with E-state index in [0.717, 1.165) is 40.1 Å². The zero-order chi connectivity index (χ0) is 18.8. The largest absolute Gasteiger partial charge is 0.483 e. The summed E-state index contributed by atoms with van der Waals surface area (Å²) in [6, 6.07) is 13.6. The van der Waals surface area contributed by atoms with Crippen LogP contribution in [-0.4, -0.2) is 19.1 Å². The number of benzene rings is 2. The molecule has 0 saturated carbocycles. The summed E-state index contributed by atoms with van der Waals surface area (Å²) in [6.45, 7) is 5.89. The van der Waals surface area contributed by atoms with Gasteiger partial charge in [-0.15, -0.1) is 0 Å². The number of anilines is 1. The normalized spacial score (nSPS) is 10.6. The second-order valence-corrected chi connectivity index (χ2v) is 7.25. The Bertz CT molecular complexity index is 702. The predicted octanol–water partition coefficient (Wildman–Crippen LogP) is 5.05. The van der Waals surface area contributed by atoms with E-state index in [1.165, 1.54) is 19.3 Å². The molecule has 0 radical (unpaired) electrons. The van der Waals surface area contributed by atoms with Gasteiger partial charge in [-0.2, -0.15) is 0 Å². The van der Waals surface area contributed by atoms with Gasteiger partial charge in [0.2, 0.25) is 0 Å². The minimum Gasteiger partial charge on any atom is -0.483 e. The molecule has 0 aliphatic rings. The minimum absolute atomic E-state index is 0.0155. The van der Waals surface area contributed by atoms with Crippen LogP contribution in [0.5, 0.6) is 5.75 Å². The summed E-state index contributed by atoms with van der Waals surface area (Å²) in [5.41, 5.74) is 2.97. The van der Waals surface area contributed by atoms with E-state index >= 15 is 0 Å². The number of hydrogen-bond acceptors (Lipinski definition) is 3. The number of ether oxygens (including phenoxy) is 1. The summed E-state index contributed by atoms with van der Waals surface area (Å²) in [7, 11) is 0. The second kappa shape index (κ2) is 11.0.